The van der Waals surface area contributed by atoms with Gasteiger partial charge in [0.1, 0.15) is 5.65 Å². The molecule has 2 heteroatoms. The number of nitrogens with zero attached hydrogens (tertiary/aromatic N) is 2. The van der Waals surface area contributed by atoms with Crippen LogP contribution in [0.5, 0.6) is 0 Å². The average Bonchev–Trinajstić information content (AvgIpc) is 3.47. The van der Waals surface area contributed by atoms with Gasteiger partial charge < -0.3 is 0 Å². The molecule has 8 aromatic carbocycles. The fraction of sp³-hybridized carbons (Fsp3) is 0. The van der Waals surface area contributed by atoms with Crippen LogP contribution in [0.2, 0.25) is 0 Å². The van der Waals surface area contributed by atoms with E-state index in [0.29, 0.717) is 0 Å². The zero-order valence-electron chi connectivity index (χ0n) is 23.3. The molecule has 10 aromatic rings. The first-order valence-electron chi connectivity index (χ1n) is 14.8. The van der Waals surface area contributed by atoms with Crippen LogP contribution in [0.1, 0.15) is 0 Å². The lowest BCUT2D eigenvalue weighted by Gasteiger charge is -2.15. The van der Waals surface area contributed by atoms with Crippen molar-refractivity contribution in [3.63, 3.8) is 0 Å². The van der Waals surface area contributed by atoms with E-state index in [2.05, 4.69) is 150 Å². The average molecular weight is 545 g/mol. The number of imidazole rings is 1. The van der Waals surface area contributed by atoms with Crippen LogP contribution in [0.4, 0.5) is 0 Å². The van der Waals surface area contributed by atoms with E-state index in [4.69, 9.17) is 4.98 Å². The van der Waals surface area contributed by atoms with E-state index >= 15 is 0 Å². The fourth-order valence-corrected chi connectivity index (χ4v) is 7.34. The van der Waals surface area contributed by atoms with Gasteiger partial charge in [-0.15, -0.1) is 0 Å². The SMILES string of the molecule is c1cc(-c2ccc3c(c2)c2ccccc2n2c4ccccc4nc32)cc(-c2ccc3ccc4cccc5ccc2c3c45)c1. The molecule has 10 rings (SSSR count). The van der Waals surface area contributed by atoms with Crippen LogP contribution in [-0.4, -0.2) is 9.38 Å². The first kappa shape index (κ1) is 22.9. The molecule has 43 heavy (non-hydrogen) atoms. The summed E-state index contributed by atoms with van der Waals surface area (Å²) in [5, 5.41) is 11.5. The Labute approximate surface area is 247 Å². The third-order valence-electron chi connectivity index (χ3n) is 9.29. The van der Waals surface area contributed by atoms with Crippen molar-refractivity contribution in [2.45, 2.75) is 0 Å². The van der Waals surface area contributed by atoms with Gasteiger partial charge in [-0.25, -0.2) is 4.98 Å². The topological polar surface area (TPSA) is 17.3 Å². The normalized spacial score (nSPS) is 12.2. The highest BCUT2D eigenvalue weighted by atomic mass is 15.0. The molecular formula is C41H24N2. The maximum atomic E-state index is 5.08. The standard InChI is InChI=1S/C41H24N2/c1-3-13-37-32(11-1)35-24-29(19-22-34(35)41-42-36-12-2-4-14-38(36)43(37)41)28-9-6-10-30(23-28)31-20-17-27-16-15-25-7-5-8-26-18-21-33(31)40(27)39(25)26/h1-24H. The van der Waals surface area contributed by atoms with E-state index in [-0.39, 0.29) is 0 Å². The molecule has 2 nitrogen and oxygen atoms in total. The van der Waals surface area contributed by atoms with Crippen LogP contribution in [0.3, 0.4) is 0 Å². The molecule has 0 N–H and O–H groups in total. The molecule has 2 heterocycles. The molecule has 0 spiro atoms. The molecule has 0 aliphatic rings. The van der Waals surface area contributed by atoms with Gasteiger partial charge in [0.25, 0.3) is 0 Å². The highest BCUT2D eigenvalue weighted by molar-refractivity contribution is 6.25. The molecular weight excluding hydrogens is 520 g/mol. The Hall–Kier alpha value is -5.73. The molecule has 0 aliphatic carbocycles. The van der Waals surface area contributed by atoms with Gasteiger partial charge in [0.05, 0.1) is 16.6 Å². The van der Waals surface area contributed by atoms with Gasteiger partial charge in [0.2, 0.25) is 0 Å². The van der Waals surface area contributed by atoms with Crippen molar-refractivity contribution in [3.8, 4) is 22.3 Å². The van der Waals surface area contributed by atoms with Gasteiger partial charge in [0.15, 0.2) is 0 Å². The fourth-order valence-electron chi connectivity index (χ4n) is 7.34. The van der Waals surface area contributed by atoms with Crippen molar-refractivity contribution in [2.24, 2.45) is 0 Å². The molecule has 0 bridgehead atoms. The molecule has 0 fully saturated rings. The lowest BCUT2D eigenvalue weighted by atomic mass is 9.89. The van der Waals surface area contributed by atoms with Crippen molar-refractivity contribution >= 4 is 70.7 Å². The summed E-state index contributed by atoms with van der Waals surface area (Å²) in [5.74, 6) is 0. The highest BCUT2D eigenvalue weighted by Gasteiger charge is 2.15. The Balaban J connectivity index is 1.20. The summed E-state index contributed by atoms with van der Waals surface area (Å²) in [4.78, 5) is 5.08. The number of fused-ring (bicyclic) bond motifs is 8. The number of rotatable bonds is 2. The third kappa shape index (κ3) is 3.15. The van der Waals surface area contributed by atoms with Crippen LogP contribution in [0.15, 0.2) is 146 Å². The largest absolute Gasteiger partial charge is 0.292 e. The minimum atomic E-state index is 1.00. The molecule has 0 aliphatic heterocycles. The molecule has 198 valence electrons. The second kappa shape index (κ2) is 8.40. The Morgan fingerprint density at radius 2 is 1.07 bits per heavy atom. The minimum absolute atomic E-state index is 1.00. The summed E-state index contributed by atoms with van der Waals surface area (Å²) < 4.78 is 2.31. The number of benzene rings is 8. The van der Waals surface area contributed by atoms with E-state index in [1.807, 2.05) is 0 Å². The number of pyridine rings is 1. The van der Waals surface area contributed by atoms with E-state index in [9.17, 15) is 0 Å². The van der Waals surface area contributed by atoms with E-state index in [1.165, 1.54) is 76.2 Å². The van der Waals surface area contributed by atoms with Crippen LogP contribution in [-0.2, 0) is 0 Å². The van der Waals surface area contributed by atoms with Gasteiger partial charge in [-0.2, -0.15) is 0 Å². The van der Waals surface area contributed by atoms with E-state index in [1.54, 1.807) is 0 Å². The number of hydrogen-bond donors (Lipinski definition) is 0. The van der Waals surface area contributed by atoms with Crippen molar-refractivity contribution in [1.82, 2.24) is 9.38 Å². The number of hydrogen-bond acceptors (Lipinski definition) is 1. The van der Waals surface area contributed by atoms with Crippen molar-refractivity contribution in [2.75, 3.05) is 0 Å². The second-order valence-corrected chi connectivity index (χ2v) is 11.6. The quantitative estimate of drug-likeness (QED) is 0.198. The van der Waals surface area contributed by atoms with Gasteiger partial charge in [-0.05, 0) is 96.4 Å². The summed E-state index contributed by atoms with van der Waals surface area (Å²) in [7, 11) is 0. The van der Waals surface area contributed by atoms with Crippen molar-refractivity contribution in [1.29, 1.82) is 0 Å². The minimum Gasteiger partial charge on any atom is -0.292 e. The van der Waals surface area contributed by atoms with Gasteiger partial charge in [0, 0.05) is 10.8 Å². The lowest BCUT2D eigenvalue weighted by Crippen LogP contribution is -1.92. The summed E-state index contributed by atoms with van der Waals surface area (Å²) in [6.07, 6.45) is 0. The van der Waals surface area contributed by atoms with Crippen LogP contribution >= 0.6 is 0 Å². The van der Waals surface area contributed by atoms with Crippen molar-refractivity contribution in [3.05, 3.63) is 146 Å². The zero-order valence-corrected chi connectivity index (χ0v) is 23.3. The van der Waals surface area contributed by atoms with Crippen LogP contribution in [0.25, 0.3) is 92.9 Å². The lowest BCUT2D eigenvalue weighted by molar-refractivity contribution is 1.31. The summed E-state index contributed by atoms with van der Waals surface area (Å²) in [5.41, 5.74) is 9.26. The number of aromatic nitrogens is 2. The van der Waals surface area contributed by atoms with Crippen LogP contribution < -0.4 is 0 Å². The van der Waals surface area contributed by atoms with E-state index < -0.39 is 0 Å². The first-order chi connectivity index (χ1) is 21.3. The molecule has 0 radical (unpaired) electrons. The van der Waals surface area contributed by atoms with Gasteiger partial charge in [-0.3, -0.25) is 4.40 Å². The summed E-state index contributed by atoms with van der Waals surface area (Å²) in [6, 6.07) is 53.2. The molecule has 0 saturated heterocycles. The smallest absolute Gasteiger partial charge is 0.146 e. The Morgan fingerprint density at radius 1 is 0.395 bits per heavy atom. The van der Waals surface area contributed by atoms with Gasteiger partial charge >= 0.3 is 0 Å². The first-order valence-corrected chi connectivity index (χ1v) is 14.8. The highest BCUT2D eigenvalue weighted by Crippen LogP contribution is 2.40. The predicted molar refractivity (Wildman–Crippen MR) is 182 cm³/mol. The molecule has 0 amide bonds. The second-order valence-electron chi connectivity index (χ2n) is 11.6. The molecule has 0 unspecified atom stereocenters. The van der Waals surface area contributed by atoms with Crippen LogP contribution in [0, 0.1) is 0 Å². The van der Waals surface area contributed by atoms with E-state index in [0.717, 1.165) is 16.7 Å². The summed E-state index contributed by atoms with van der Waals surface area (Å²) >= 11 is 0. The maximum Gasteiger partial charge on any atom is 0.146 e. The van der Waals surface area contributed by atoms with Gasteiger partial charge in [-0.1, -0.05) is 109 Å². The Kier molecular flexibility index (Phi) is 4.48. The maximum absolute atomic E-state index is 5.08. The third-order valence-corrected chi connectivity index (χ3v) is 9.29. The number of para-hydroxylation sites is 3. The Bertz CT molecular complexity index is 2710. The zero-order chi connectivity index (χ0) is 28.1. The monoisotopic (exact) mass is 544 g/mol. The summed E-state index contributed by atoms with van der Waals surface area (Å²) in [6.45, 7) is 0. The molecule has 2 aromatic heterocycles. The molecule has 0 saturated carbocycles. The Morgan fingerprint density at radius 3 is 1.98 bits per heavy atom. The molecule has 0 atom stereocenters. The predicted octanol–water partition coefficient (Wildman–Crippen LogP) is 11.0. The van der Waals surface area contributed by atoms with Crippen molar-refractivity contribution < 1.29 is 0 Å².